The Labute approximate surface area is 125 Å². The zero-order valence-electron chi connectivity index (χ0n) is 13.7. The molecule has 3 rings (SSSR count). The van der Waals surface area contributed by atoms with Crippen LogP contribution in [0.15, 0.2) is 0 Å². The first-order chi connectivity index (χ1) is 9.46. The van der Waals surface area contributed by atoms with Crippen molar-refractivity contribution in [1.82, 2.24) is 5.32 Å². The minimum Gasteiger partial charge on any atom is -0.381 e. The summed E-state index contributed by atoms with van der Waals surface area (Å²) < 4.78 is 5.90. The number of nitrogens with one attached hydrogen (secondary N) is 1. The first-order valence-electron chi connectivity index (χ1n) is 8.79. The van der Waals surface area contributed by atoms with Gasteiger partial charge in [-0.15, -0.1) is 0 Å². The van der Waals surface area contributed by atoms with Gasteiger partial charge in [0.25, 0.3) is 0 Å². The quantitative estimate of drug-likeness (QED) is 0.840. The monoisotopic (exact) mass is 279 g/mol. The van der Waals surface area contributed by atoms with Gasteiger partial charge in [0.05, 0.1) is 6.61 Å². The molecule has 3 aliphatic rings. The Hall–Kier alpha value is -0.0800. The van der Waals surface area contributed by atoms with Crippen molar-refractivity contribution in [2.75, 3.05) is 19.8 Å². The maximum Gasteiger partial charge on any atom is 0.0534 e. The molecule has 1 saturated heterocycles. The van der Waals surface area contributed by atoms with E-state index < -0.39 is 0 Å². The standard InChI is InChI=1S/C18H33NO/c1-17(2,3)19-12-18(7-4-8-20-13-18)11-16-10-14-5-6-15(16)9-14/h14-16,19H,4-13H2,1-3H3. The Morgan fingerprint density at radius 3 is 2.60 bits per heavy atom. The molecule has 2 bridgehead atoms. The van der Waals surface area contributed by atoms with Crippen molar-refractivity contribution in [3.05, 3.63) is 0 Å². The van der Waals surface area contributed by atoms with Crippen LogP contribution in [0.25, 0.3) is 0 Å². The van der Waals surface area contributed by atoms with Gasteiger partial charge in [-0.25, -0.2) is 0 Å². The van der Waals surface area contributed by atoms with E-state index in [0.29, 0.717) is 5.41 Å². The van der Waals surface area contributed by atoms with Crippen LogP contribution >= 0.6 is 0 Å². The first-order valence-corrected chi connectivity index (χ1v) is 8.79. The van der Waals surface area contributed by atoms with Crippen LogP contribution in [0.2, 0.25) is 0 Å². The van der Waals surface area contributed by atoms with E-state index in [2.05, 4.69) is 26.1 Å². The lowest BCUT2D eigenvalue weighted by atomic mass is 9.71. The molecule has 4 atom stereocenters. The Kier molecular flexibility index (Phi) is 4.16. The molecule has 0 aromatic carbocycles. The Bertz CT molecular complexity index is 327. The summed E-state index contributed by atoms with van der Waals surface area (Å²) >= 11 is 0. The highest BCUT2D eigenvalue weighted by Gasteiger charge is 2.44. The van der Waals surface area contributed by atoms with Gasteiger partial charge in [0.2, 0.25) is 0 Å². The molecule has 1 heterocycles. The third-order valence-corrected chi connectivity index (χ3v) is 5.98. The van der Waals surface area contributed by atoms with E-state index in [1.165, 1.54) is 44.9 Å². The second-order valence-electron chi connectivity index (χ2n) is 8.90. The van der Waals surface area contributed by atoms with Gasteiger partial charge < -0.3 is 10.1 Å². The molecule has 1 N–H and O–H groups in total. The molecule has 4 unspecified atom stereocenters. The number of ether oxygens (including phenoxy) is 1. The molecule has 2 saturated carbocycles. The summed E-state index contributed by atoms with van der Waals surface area (Å²) in [5.74, 6) is 3.12. The van der Waals surface area contributed by atoms with Gasteiger partial charge in [0.15, 0.2) is 0 Å². The molecule has 0 spiro atoms. The van der Waals surface area contributed by atoms with Crippen LogP contribution in [-0.2, 0) is 4.74 Å². The highest BCUT2D eigenvalue weighted by atomic mass is 16.5. The molecule has 2 aliphatic carbocycles. The zero-order valence-corrected chi connectivity index (χ0v) is 13.7. The van der Waals surface area contributed by atoms with Gasteiger partial charge in [0, 0.05) is 24.1 Å². The van der Waals surface area contributed by atoms with Crippen LogP contribution in [0, 0.1) is 23.2 Å². The van der Waals surface area contributed by atoms with Crippen molar-refractivity contribution in [2.24, 2.45) is 23.2 Å². The summed E-state index contributed by atoms with van der Waals surface area (Å²) in [4.78, 5) is 0. The van der Waals surface area contributed by atoms with Gasteiger partial charge in [-0.2, -0.15) is 0 Å². The molecule has 2 nitrogen and oxygen atoms in total. The minimum absolute atomic E-state index is 0.221. The van der Waals surface area contributed by atoms with Gasteiger partial charge in [-0.1, -0.05) is 6.42 Å². The molecule has 0 radical (unpaired) electrons. The number of hydrogen-bond acceptors (Lipinski definition) is 2. The molecule has 0 aromatic heterocycles. The predicted octanol–water partition coefficient (Wildman–Crippen LogP) is 4.00. The Morgan fingerprint density at radius 2 is 2.05 bits per heavy atom. The van der Waals surface area contributed by atoms with Crippen molar-refractivity contribution in [3.63, 3.8) is 0 Å². The largest absolute Gasteiger partial charge is 0.381 e. The second-order valence-corrected chi connectivity index (χ2v) is 8.90. The normalized spacial score (nSPS) is 41.2. The highest BCUT2D eigenvalue weighted by Crippen LogP contribution is 2.52. The maximum atomic E-state index is 5.90. The third-order valence-electron chi connectivity index (χ3n) is 5.98. The molecule has 20 heavy (non-hydrogen) atoms. The SMILES string of the molecule is CC(C)(C)NCC1(CC2CC3CCC2C3)CCCOC1. The van der Waals surface area contributed by atoms with Gasteiger partial charge in [-0.3, -0.25) is 0 Å². The number of rotatable bonds is 4. The van der Waals surface area contributed by atoms with Crippen LogP contribution in [0.3, 0.4) is 0 Å². The molecular formula is C18H33NO. The molecule has 2 heteroatoms. The fourth-order valence-corrected chi connectivity index (χ4v) is 4.92. The van der Waals surface area contributed by atoms with Gasteiger partial charge in [-0.05, 0) is 77.0 Å². The van der Waals surface area contributed by atoms with Crippen LogP contribution in [0.5, 0.6) is 0 Å². The van der Waals surface area contributed by atoms with E-state index in [1.54, 1.807) is 0 Å². The fourth-order valence-electron chi connectivity index (χ4n) is 4.92. The van der Waals surface area contributed by atoms with Crippen LogP contribution < -0.4 is 5.32 Å². The van der Waals surface area contributed by atoms with E-state index >= 15 is 0 Å². The number of hydrogen-bond donors (Lipinski definition) is 1. The lowest BCUT2D eigenvalue weighted by Gasteiger charge is -2.42. The predicted molar refractivity (Wildman–Crippen MR) is 83.8 cm³/mol. The molecule has 0 amide bonds. The van der Waals surface area contributed by atoms with Crippen LogP contribution in [0.4, 0.5) is 0 Å². The topological polar surface area (TPSA) is 21.3 Å². The molecule has 116 valence electrons. The Balaban J connectivity index is 1.63. The van der Waals surface area contributed by atoms with E-state index in [4.69, 9.17) is 4.74 Å². The van der Waals surface area contributed by atoms with E-state index in [9.17, 15) is 0 Å². The van der Waals surface area contributed by atoms with E-state index in [1.807, 2.05) is 0 Å². The summed E-state index contributed by atoms with van der Waals surface area (Å²) in [6, 6.07) is 0. The average Bonchev–Trinajstić information content (AvgIpc) is 2.99. The van der Waals surface area contributed by atoms with Crippen molar-refractivity contribution < 1.29 is 4.74 Å². The molecule has 1 aliphatic heterocycles. The van der Waals surface area contributed by atoms with E-state index in [0.717, 1.165) is 37.5 Å². The summed E-state index contributed by atoms with van der Waals surface area (Å²) in [7, 11) is 0. The van der Waals surface area contributed by atoms with Crippen LogP contribution in [-0.4, -0.2) is 25.3 Å². The lowest BCUT2D eigenvalue weighted by molar-refractivity contribution is -0.0275. The third kappa shape index (κ3) is 3.39. The lowest BCUT2D eigenvalue weighted by Crippen LogP contribution is -2.48. The zero-order chi connectivity index (χ0) is 14.2. The maximum absolute atomic E-state index is 5.90. The summed E-state index contributed by atoms with van der Waals surface area (Å²) in [6.45, 7) is 9.95. The Morgan fingerprint density at radius 1 is 1.20 bits per heavy atom. The second kappa shape index (κ2) is 5.61. The fraction of sp³-hybridized carbons (Fsp3) is 1.00. The van der Waals surface area contributed by atoms with Crippen molar-refractivity contribution in [1.29, 1.82) is 0 Å². The highest BCUT2D eigenvalue weighted by molar-refractivity contribution is 4.96. The molecular weight excluding hydrogens is 246 g/mol. The number of fused-ring (bicyclic) bond motifs is 2. The van der Waals surface area contributed by atoms with Gasteiger partial charge in [0.1, 0.15) is 0 Å². The summed E-state index contributed by atoms with van der Waals surface area (Å²) in [5.41, 5.74) is 0.639. The molecule has 0 aromatic rings. The first kappa shape index (κ1) is 14.8. The van der Waals surface area contributed by atoms with Gasteiger partial charge >= 0.3 is 0 Å². The van der Waals surface area contributed by atoms with Crippen molar-refractivity contribution in [2.45, 2.75) is 71.3 Å². The smallest absolute Gasteiger partial charge is 0.0534 e. The van der Waals surface area contributed by atoms with E-state index in [-0.39, 0.29) is 5.54 Å². The minimum atomic E-state index is 0.221. The van der Waals surface area contributed by atoms with Crippen molar-refractivity contribution >= 4 is 0 Å². The van der Waals surface area contributed by atoms with Crippen molar-refractivity contribution in [3.8, 4) is 0 Å². The molecule has 3 fully saturated rings. The summed E-state index contributed by atoms with van der Waals surface area (Å²) in [5, 5.41) is 3.77. The average molecular weight is 279 g/mol. The summed E-state index contributed by atoms with van der Waals surface area (Å²) in [6.07, 6.45) is 10.1. The van der Waals surface area contributed by atoms with Crippen LogP contribution in [0.1, 0.15) is 65.7 Å².